The van der Waals surface area contributed by atoms with E-state index < -0.39 is 0 Å². The van der Waals surface area contributed by atoms with Crippen molar-refractivity contribution in [3.8, 4) is 33.4 Å². The molecular weight excluding hydrogens is 555 g/mol. The van der Waals surface area contributed by atoms with Gasteiger partial charge in [0.15, 0.2) is 0 Å². The molecule has 0 heterocycles. The van der Waals surface area contributed by atoms with Crippen molar-refractivity contribution in [2.45, 2.75) is 45.4 Å². The summed E-state index contributed by atoms with van der Waals surface area (Å²) in [7, 11) is 0. The van der Waals surface area contributed by atoms with Gasteiger partial charge in [0.1, 0.15) is 0 Å². The third-order valence-corrected chi connectivity index (χ3v) is 10.5. The smallest absolute Gasteiger partial charge is 0.0468 e. The summed E-state index contributed by atoms with van der Waals surface area (Å²) in [5.74, 6) is 0. The molecule has 7 aromatic carbocycles. The first-order valence-corrected chi connectivity index (χ1v) is 16.4. The van der Waals surface area contributed by atoms with Crippen LogP contribution in [0.25, 0.3) is 54.9 Å². The molecule has 222 valence electrons. The summed E-state index contributed by atoms with van der Waals surface area (Å²) in [6, 6.07) is 50.0. The molecule has 0 unspecified atom stereocenters. The van der Waals surface area contributed by atoms with Crippen LogP contribution in [0.4, 0.5) is 17.1 Å². The highest BCUT2D eigenvalue weighted by Crippen LogP contribution is 2.57. The molecule has 7 aromatic rings. The van der Waals surface area contributed by atoms with Gasteiger partial charge >= 0.3 is 0 Å². The highest BCUT2D eigenvalue weighted by molar-refractivity contribution is 6.21. The van der Waals surface area contributed by atoms with Gasteiger partial charge < -0.3 is 4.90 Å². The highest BCUT2D eigenvalue weighted by Gasteiger charge is 2.37. The van der Waals surface area contributed by atoms with Gasteiger partial charge in [0, 0.05) is 22.5 Å². The lowest BCUT2D eigenvalue weighted by Gasteiger charge is -2.37. The molecule has 46 heavy (non-hydrogen) atoms. The van der Waals surface area contributed by atoms with Crippen molar-refractivity contribution >= 4 is 38.6 Å². The van der Waals surface area contributed by atoms with Gasteiger partial charge in [0.25, 0.3) is 0 Å². The van der Waals surface area contributed by atoms with E-state index in [1.54, 1.807) is 0 Å². The second-order valence-electron chi connectivity index (χ2n) is 14.6. The normalized spacial score (nSPS) is 13.9. The van der Waals surface area contributed by atoms with Crippen LogP contribution < -0.4 is 4.90 Å². The number of para-hydroxylation sites is 1. The van der Waals surface area contributed by atoms with E-state index in [9.17, 15) is 0 Å². The Hall–Kier alpha value is -5.14. The fourth-order valence-electron chi connectivity index (χ4n) is 8.07. The number of rotatable bonds is 3. The number of hydrogen-bond acceptors (Lipinski definition) is 1. The van der Waals surface area contributed by atoms with Crippen molar-refractivity contribution in [2.75, 3.05) is 4.90 Å². The van der Waals surface area contributed by atoms with Crippen LogP contribution in [0, 0.1) is 0 Å². The second-order valence-corrected chi connectivity index (χ2v) is 14.6. The van der Waals surface area contributed by atoms with E-state index in [1.807, 2.05) is 0 Å². The van der Waals surface area contributed by atoms with Crippen molar-refractivity contribution in [1.82, 2.24) is 0 Å². The van der Waals surface area contributed by atoms with Crippen LogP contribution in [0.15, 0.2) is 133 Å². The Bertz CT molecular complexity index is 2370. The largest absolute Gasteiger partial charge is 0.310 e. The molecule has 2 aliphatic rings. The van der Waals surface area contributed by atoms with Gasteiger partial charge in [0.2, 0.25) is 0 Å². The molecule has 0 saturated carbocycles. The first kappa shape index (κ1) is 27.2. The van der Waals surface area contributed by atoms with E-state index in [2.05, 4.69) is 173 Å². The Kier molecular flexibility index (Phi) is 5.58. The van der Waals surface area contributed by atoms with Gasteiger partial charge in [-0.05, 0) is 119 Å². The van der Waals surface area contributed by atoms with Crippen LogP contribution in [-0.2, 0) is 10.8 Å². The first-order chi connectivity index (χ1) is 22.2. The predicted octanol–water partition coefficient (Wildman–Crippen LogP) is 12.7. The molecule has 0 fully saturated rings. The van der Waals surface area contributed by atoms with Crippen LogP contribution in [0.5, 0.6) is 0 Å². The summed E-state index contributed by atoms with van der Waals surface area (Å²) in [5, 5.41) is 5.33. The van der Waals surface area contributed by atoms with E-state index in [0.29, 0.717) is 0 Å². The van der Waals surface area contributed by atoms with Gasteiger partial charge in [-0.25, -0.2) is 0 Å². The molecule has 0 radical (unpaired) electrons. The quantitative estimate of drug-likeness (QED) is 0.198. The van der Waals surface area contributed by atoms with E-state index >= 15 is 0 Å². The average Bonchev–Trinajstić information content (AvgIpc) is 3.39. The maximum absolute atomic E-state index is 2.44. The molecule has 1 heteroatoms. The topological polar surface area (TPSA) is 3.24 Å². The summed E-state index contributed by atoms with van der Waals surface area (Å²) in [4.78, 5) is 2.40. The van der Waals surface area contributed by atoms with E-state index in [0.717, 1.165) is 11.4 Å². The van der Waals surface area contributed by atoms with Crippen molar-refractivity contribution < 1.29 is 0 Å². The monoisotopic (exact) mass is 591 g/mol. The molecular formula is C45H37N. The minimum Gasteiger partial charge on any atom is -0.310 e. The Morgan fingerprint density at radius 2 is 1.04 bits per heavy atom. The van der Waals surface area contributed by atoms with Crippen molar-refractivity contribution in [2.24, 2.45) is 0 Å². The summed E-state index contributed by atoms with van der Waals surface area (Å²) in [6.07, 6.45) is 0. The SMILES string of the molecule is CC(C)(C)c1ccc2c(c1)-c1ccc3c4c(ccc-2c14)-c1ccc(N(c2ccccc2)c2ccc4ccccc4c2)cc1C3(C)C. The molecule has 0 N–H and O–H groups in total. The lowest BCUT2D eigenvalue weighted by molar-refractivity contribution is 0.590. The standard InChI is InChI=1S/C45H37N/c1-44(2,3)30-16-19-34-36-21-22-37-35-20-18-33(27-41(35)45(4,5)40-24-23-38(39(34)26-30)42(36)43(37)40)46(31-13-7-6-8-14-31)32-17-15-28-11-9-10-12-29(28)25-32/h6-27H,1-5H3. The van der Waals surface area contributed by atoms with Crippen LogP contribution >= 0.6 is 0 Å². The lowest BCUT2D eigenvalue weighted by atomic mass is 9.68. The predicted molar refractivity (Wildman–Crippen MR) is 197 cm³/mol. The third kappa shape index (κ3) is 3.81. The minimum absolute atomic E-state index is 0.110. The van der Waals surface area contributed by atoms with Gasteiger partial charge in [-0.3, -0.25) is 0 Å². The van der Waals surface area contributed by atoms with Crippen molar-refractivity contribution in [3.05, 3.63) is 150 Å². The maximum Gasteiger partial charge on any atom is 0.0468 e. The van der Waals surface area contributed by atoms with Crippen LogP contribution in [0.3, 0.4) is 0 Å². The maximum atomic E-state index is 2.44. The number of nitrogens with zero attached hydrogens (tertiary/aromatic N) is 1. The zero-order valence-electron chi connectivity index (χ0n) is 27.1. The van der Waals surface area contributed by atoms with Gasteiger partial charge in [-0.1, -0.05) is 126 Å². The summed E-state index contributed by atoms with van der Waals surface area (Å²) < 4.78 is 0. The zero-order valence-corrected chi connectivity index (χ0v) is 27.1. The number of fused-ring (bicyclic) bond motifs is 6. The number of benzene rings is 7. The summed E-state index contributed by atoms with van der Waals surface area (Å²) in [6.45, 7) is 11.7. The first-order valence-electron chi connectivity index (χ1n) is 16.4. The molecule has 0 bridgehead atoms. The zero-order chi connectivity index (χ0) is 31.4. The van der Waals surface area contributed by atoms with Crippen LogP contribution in [-0.4, -0.2) is 0 Å². The van der Waals surface area contributed by atoms with Gasteiger partial charge in [-0.2, -0.15) is 0 Å². The Morgan fingerprint density at radius 1 is 0.435 bits per heavy atom. The second kappa shape index (κ2) is 9.44. The highest BCUT2D eigenvalue weighted by atomic mass is 15.1. The van der Waals surface area contributed by atoms with Crippen LogP contribution in [0.2, 0.25) is 0 Å². The third-order valence-electron chi connectivity index (χ3n) is 10.5. The fraction of sp³-hybridized carbons (Fsp3) is 0.156. The van der Waals surface area contributed by atoms with E-state index in [4.69, 9.17) is 0 Å². The Balaban J connectivity index is 1.25. The fourth-order valence-corrected chi connectivity index (χ4v) is 8.07. The molecule has 2 aliphatic carbocycles. The minimum atomic E-state index is -0.174. The molecule has 1 nitrogen and oxygen atoms in total. The van der Waals surface area contributed by atoms with Crippen molar-refractivity contribution in [3.63, 3.8) is 0 Å². The average molecular weight is 592 g/mol. The number of hydrogen-bond donors (Lipinski definition) is 0. The molecule has 0 atom stereocenters. The Labute approximate surface area is 271 Å². The Morgan fingerprint density at radius 3 is 1.83 bits per heavy atom. The summed E-state index contributed by atoms with van der Waals surface area (Å²) >= 11 is 0. The summed E-state index contributed by atoms with van der Waals surface area (Å²) in [5.41, 5.74) is 15.7. The van der Waals surface area contributed by atoms with E-state index in [-0.39, 0.29) is 10.8 Å². The molecule has 0 saturated heterocycles. The molecule has 9 rings (SSSR count). The molecule has 0 aliphatic heterocycles. The molecule has 0 aromatic heterocycles. The van der Waals surface area contributed by atoms with Crippen LogP contribution in [0.1, 0.15) is 51.3 Å². The molecule has 0 spiro atoms. The van der Waals surface area contributed by atoms with Crippen molar-refractivity contribution in [1.29, 1.82) is 0 Å². The van der Waals surface area contributed by atoms with Gasteiger partial charge in [0.05, 0.1) is 0 Å². The van der Waals surface area contributed by atoms with E-state index in [1.165, 1.54) is 77.3 Å². The lowest BCUT2D eigenvalue weighted by Crippen LogP contribution is -2.24. The van der Waals surface area contributed by atoms with Gasteiger partial charge in [-0.15, -0.1) is 0 Å². The molecule has 0 amide bonds. The number of anilines is 3.